The van der Waals surface area contributed by atoms with Crippen LogP contribution in [0.4, 0.5) is 0 Å². The molecule has 0 fully saturated rings. The van der Waals surface area contributed by atoms with Gasteiger partial charge < -0.3 is 23.9 Å². The third-order valence-electron chi connectivity index (χ3n) is 7.51. The predicted molar refractivity (Wildman–Crippen MR) is 142 cm³/mol. The third kappa shape index (κ3) is 4.00. The fourth-order valence-corrected chi connectivity index (χ4v) is 5.77. The van der Waals surface area contributed by atoms with Gasteiger partial charge in [0.2, 0.25) is 0 Å². The Hall–Kier alpha value is -3.48. The average molecular weight is 487 g/mol. The molecule has 3 aromatic carbocycles. The Balaban J connectivity index is 0.00000267. The summed E-state index contributed by atoms with van der Waals surface area (Å²) in [7, 11) is 3.37. The van der Waals surface area contributed by atoms with Crippen LogP contribution in [0.25, 0.3) is 10.9 Å². The number of benzene rings is 3. The van der Waals surface area contributed by atoms with Crippen LogP contribution in [0.3, 0.4) is 0 Å². The Morgan fingerprint density at radius 3 is 2.64 bits per heavy atom. The molecule has 6 nitrogen and oxygen atoms in total. The number of aromatic nitrogens is 1. The van der Waals surface area contributed by atoms with Gasteiger partial charge in [0.15, 0.2) is 11.5 Å². The molecule has 6 heteroatoms. The summed E-state index contributed by atoms with van der Waals surface area (Å²) in [4.78, 5) is 2.54. The van der Waals surface area contributed by atoms with Crippen molar-refractivity contribution in [3.8, 4) is 17.2 Å². The molecular weight excluding hydrogens is 452 g/mol. The molecule has 0 saturated heterocycles. The van der Waals surface area contributed by atoms with Gasteiger partial charge in [0.25, 0.3) is 0 Å². The van der Waals surface area contributed by atoms with Gasteiger partial charge in [-0.05, 0) is 65.4 Å². The number of rotatable bonds is 6. The molecule has 36 heavy (non-hydrogen) atoms. The number of hydrogen-bond acceptors (Lipinski definition) is 5. The number of para-hydroxylation sites is 1. The van der Waals surface area contributed by atoms with Crippen LogP contribution < -0.4 is 14.2 Å². The van der Waals surface area contributed by atoms with E-state index in [2.05, 4.69) is 39.8 Å². The second kappa shape index (κ2) is 9.88. The topological polar surface area (TPSA) is 56.1 Å². The van der Waals surface area contributed by atoms with Crippen LogP contribution in [-0.2, 0) is 32.7 Å². The van der Waals surface area contributed by atoms with Crippen LogP contribution in [0.1, 0.15) is 41.4 Å². The normalized spacial score (nSPS) is 16.5. The van der Waals surface area contributed by atoms with Crippen molar-refractivity contribution in [2.24, 2.45) is 0 Å². The summed E-state index contributed by atoms with van der Waals surface area (Å²) in [5.74, 6) is 2.35. The fraction of sp³-hybridized carbons (Fsp3) is 0.333. The number of aliphatic hydroxyl groups excluding tert-OH is 1. The Morgan fingerprint density at radius 1 is 0.972 bits per heavy atom. The van der Waals surface area contributed by atoms with Gasteiger partial charge in [-0.15, -0.1) is 0 Å². The van der Waals surface area contributed by atoms with E-state index in [9.17, 15) is 5.11 Å². The van der Waals surface area contributed by atoms with E-state index < -0.39 is 0 Å². The highest BCUT2D eigenvalue weighted by atomic mass is 16.5. The zero-order chi connectivity index (χ0) is 23.9. The molecule has 2 aliphatic heterocycles. The van der Waals surface area contributed by atoms with Crippen molar-refractivity contribution in [1.29, 1.82) is 0 Å². The molecular formula is C30H34N2O4. The minimum absolute atomic E-state index is 0. The minimum Gasteiger partial charge on any atom is -0.497 e. The summed E-state index contributed by atoms with van der Waals surface area (Å²) in [6.07, 6.45) is 1.88. The first-order chi connectivity index (χ1) is 17.2. The van der Waals surface area contributed by atoms with Gasteiger partial charge in [0.05, 0.1) is 19.7 Å². The smallest absolute Gasteiger partial charge is 0.162 e. The molecule has 6 rings (SSSR count). The number of ether oxygens (including phenoxy) is 3. The van der Waals surface area contributed by atoms with Crippen molar-refractivity contribution in [2.75, 3.05) is 20.8 Å². The lowest BCUT2D eigenvalue weighted by Crippen LogP contribution is -2.39. The Kier molecular flexibility index (Phi) is 6.65. The van der Waals surface area contributed by atoms with E-state index in [1.807, 2.05) is 30.3 Å². The Morgan fingerprint density at radius 2 is 1.83 bits per heavy atom. The van der Waals surface area contributed by atoms with E-state index >= 15 is 0 Å². The van der Waals surface area contributed by atoms with E-state index in [4.69, 9.17) is 14.2 Å². The minimum atomic E-state index is 0. The number of aliphatic hydroxyl groups is 1. The summed E-state index contributed by atoms with van der Waals surface area (Å²) in [5.41, 5.74) is 7.37. The van der Waals surface area contributed by atoms with Gasteiger partial charge in [0.1, 0.15) is 19.1 Å². The van der Waals surface area contributed by atoms with Gasteiger partial charge in [-0.1, -0.05) is 37.8 Å². The standard InChI is InChI=1S/C29H30N2O4.CH4/c1-33-21-7-5-6-19(12-21)17-35-29-15-23-20(13-28(29)34-2)10-11-30-16-27-24(14-26(23)30)22-8-3-4-9-25(22)31(27)18-32;/h3-9,12-13,15,26,32H,10-11,14,16-18H2,1-2H3;1H4. The Bertz CT molecular complexity index is 1390. The number of fused-ring (bicyclic) bond motifs is 6. The molecule has 1 aromatic heterocycles. The molecule has 0 aliphatic carbocycles. The first-order valence-electron chi connectivity index (χ1n) is 12.1. The van der Waals surface area contributed by atoms with Gasteiger partial charge in [0, 0.05) is 30.2 Å². The van der Waals surface area contributed by atoms with E-state index in [1.54, 1.807) is 14.2 Å². The van der Waals surface area contributed by atoms with Crippen molar-refractivity contribution in [3.05, 3.63) is 88.6 Å². The average Bonchev–Trinajstić information content (AvgIpc) is 3.22. The highest BCUT2D eigenvalue weighted by molar-refractivity contribution is 5.86. The van der Waals surface area contributed by atoms with Gasteiger partial charge in [-0.2, -0.15) is 0 Å². The second-order valence-electron chi connectivity index (χ2n) is 9.29. The van der Waals surface area contributed by atoms with Crippen LogP contribution in [0, 0.1) is 0 Å². The largest absolute Gasteiger partial charge is 0.497 e. The molecule has 2 aliphatic rings. The van der Waals surface area contributed by atoms with Crippen LogP contribution >= 0.6 is 0 Å². The van der Waals surface area contributed by atoms with Gasteiger partial charge in [-0.25, -0.2) is 0 Å². The molecule has 0 saturated carbocycles. The molecule has 3 heterocycles. The first kappa shape index (κ1) is 24.2. The molecule has 188 valence electrons. The molecule has 0 bridgehead atoms. The van der Waals surface area contributed by atoms with Crippen molar-refractivity contribution in [3.63, 3.8) is 0 Å². The summed E-state index contributed by atoms with van der Waals surface area (Å²) < 4.78 is 19.4. The fourth-order valence-electron chi connectivity index (χ4n) is 5.77. The SMILES string of the molecule is C.COc1cccc(COc2cc3c(cc2OC)CCN2Cc4c(c5ccccc5n4CO)CC32)c1. The maximum absolute atomic E-state index is 10.1. The van der Waals surface area contributed by atoms with E-state index in [1.165, 1.54) is 27.8 Å². The van der Waals surface area contributed by atoms with Crippen LogP contribution in [0.15, 0.2) is 60.7 Å². The zero-order valence-electron chi connectivity index (χ0n) is 20.2. The van der Waals surface area contributed by atoms with Crippen LogP contribution in [-0.4, -0.2) is 35.3 Å². The van der Waals surface area contributed by atoms with E-state index in [-0.39, 0.29) is 20.2 Å². The molecule has 0 amide bonds. The third-order valence-corrected chi connectivity index (χ3v) is 7.51. The van der Waals surface area contributed by atoms with Gasteiger partial charge in [-0.3, -0.25) is 4.90 Å². The zero-order valence-corrected chi connectivity index (χ0v) is 20.2. The van der Waals surface area contributed by atoms with E-state index in [0.717, 1.165) is 54.3 Å². The van der Waals surface area contributed by atoms with Crippen LogP contribution in [0.5, 0.6) is 17.2 Å². The van der Waals surface area contributed by atoms with Crippen LogP contribution in [0.2, 0.25) is 0 Å². The highest BCUT2D eigenvalue weighted by Crippen LogP contribution is 2.44. The van der Waals surface area contributed by atoms with E-state index in [0.29, 0.717) is 6.61 Å². The predicted octanol–water partition coefficient (Wildman–Crippen LogP) is 5.48. The van der Waals surface area contributed by atoms with Crippen molar-refractivity contribution < 1.29 is 19.3 Å². The van der Waals surface area contributed by atoms with Crippen molar-refractivity contribution in [2.45, 2.75) is 46.2 Å². The summed E-state index contributed by atoms with van der Waals surface area (Å²) in [5, 5.41) is 11.4. The lowest BCUT2D eigenvalue weighted by molar-refractivity contribution is 0.145. The number of methoxy groups -OCH3 is 2. The summed E-state index contributed by atoms with van der Waals surface area (Å²) >= 11 is 0. The molecule has 4 aromatic rings. The number of hydrogen-bond donors (Lipinski definition) is 1. The monoisotopic (exact) mass is 486 g/mol. The molecule has 1 atom stereocenters. The first-order valence-corrected chi connectivity index (χ1v) is 12.1. The Labute approximate surface area is 212 Å². The quantitative estimate of drug-likeness (QED) is 0.391. The lowest BCUT2D eigenvalue weighted by Gasteiger charge is -2.41. The van der Waals surface area contributed by atoms with Gasteiger partial charge >= 0.3 is 0 Å². The molecule has 1 unspecified atom stereocenters. The van der Waals surface area contributed by atoms with Crippen molar-refractivity contribution >= 4 is 10.9 Å². The summed E-state index contributed by atoms with van der Waals surface area (Å²) in [6, 6.07) is 21.0. The second-order valence-corrected chi connectivity index (χ2v) is 9.29. The maximum Gasteiger partial charge on any atom is 0.162 e. The number of nitrogens with zero attached hydrogens (tertiary/aromatic N) is 2. The molecule has 0 spiro atoms. The molecule has 0 radical (unpaired) electrons. The summed E-state index contributed by atoms with van der Waals surface area (Å²) in [6.45, 7) is 2.26. The highest BCUT2D eigenvalue weighted by Gasteiger charge is 2.35. The van der Waals surface area contributed by atoms with Crippen molar-refractivity contribution in [1.82, 2.24) is 9.47 Å². The lowest BCUT2D eigenvalue weighted by atomic mass is 9.85. The maximum atomic E-state index is 10.1. The molecule has 1 N–H and O–H groups in total.